The van der Waals surface area contributed by atoms with Gasteiger partial charge in [0.05, 0.1) is 12.2 Å². The predicted molar refractivity (Wildman–Crippen MR) is 113 cm³/mol. The molecule has 1 spiro atoms. The molecule has 6 aliphatic carbocycles. The van der Waals surface area contributed by atoms with E-state index in [1.807, 2.05) is 0 Å². The van der Waals surface area contributed by atoms with Gasteiger partial charge in [0.2, 0.25) is 0 Å². The van der Waals surface area contributed by atoms with Crippen LogP contribution in [0.5, 0.6) is 0 Å². The Morgan fingerprint density at radius 1 is 1.14 bits per heavy atom. The van der Waals surface area contributed by atoms with Crippen molar-refractivity contribution in [1.29, 1.82) is 0 Å². The zero-order valence-corrected chi connectivity index (χ0v) is 17.8. The molecule has 0 aromatic heterocycles. The normalized spacial score (nSPS) is 56.9. The third kappa shape index (κ3) is 2.09. The molecule has 0 N–H and O–H groups in total. The number of allylic oxidation sites excluding steroid dienone is 1. The topological polar surface area (TPSA) is 38.7 Å². The summed E-state index contributed by atoms with van der Waals surface area (Å²) in [5, 5.41) is 3.42. The van der Waals surface area contributed by atoms with E-state index in [0.717, 1.165) is 60.4 Å². The highest BCUT2D eigenvalue weighted by molar-refractivity contribution is 5.35. The molecule has 1 heterocycles. The third-order valence-electron chi connectivity index (χ3n) is 11.0. The fourth-order valence-electron chi connectivity index (χ4n) is 9.98. The van der Waals surface area contributed by atoms with Gasteiger partial charge in [-0.1, -0.05) is 35.9 Å². The molecular formula is C26H35NO2. The number of hydrogen-bond acceptors (Lipinski definition) is 3. The maximum absolute atomic E-state index is 11.3. The summed E-state index contributed by atoms with van der Waals surface area (Å²) in [5.74, 6) is 6.94. The van der Waals surface area contributed by atoms with Gasteiger partial charge in [0.15, 0.2) is 0 Å². The summed E-state index contributed by atoms with van der Waals surface area (Å²) in [5.41, 5.74) is 2.11. The predicted octanol–water partition coefficient (Wildman–Crippen LogP) is 5.90. The monoisotopic (exact) mass is 393 g/mol. The average Bonchev–Trinajstić information content (AvgIpc) is 3.69. The number of hydrogen-bond donors (Lipinski definition) is 0. The van der Waals surface area contributed by atoms with Crippen LogP contribution in [0, 0.1) is 57.7 Å². The first-order chi connectivity index (χ1) is 14.2. The first kappa shape index (κ1) is 17.7. The van der Waals surface area contributed by atoms with Crippen LogP contribution >= 0.6 is 0 Å². The van der Waals surface area contributed by atoms with Gasteiger partial charge in [0.25, 0.3) is 0 Å². The average molecular weight is 394 g/mol. The molecule has 3 nitrogen and oxygen atoms in total. The van der Waals surface area contributed by atoms with Crippen molar-refractivity contribution in [2.24, 2.45) is 57.9 Å². The number of nitroso groups, excluding NO2 is 1. The molecule has 1 aliphatic heterocycles. The highest BCUT2D eigenvalue weighted by atomic mass is 16.5. The minimum absolute atomic E-state index is 0.0458. The van der Waals surface area contributed by atoms with Crippen LogP contribution in [-0.4, -0.2) is 18.2 Å². The summed E-state index contributed by atoms with van der Waals surface area (Å²) >= 11 is 0. The van der Waals surface area contributed by atoms with Gasteiger partial charge in [0, 0.05) is 5.41 Å². The van der Waals surface area contributed by atoms with Crippen molar-refractivity contribution < 1.29 is 4.74 Å². The molecule has 0 saturated heterocycles. The Balaban J connectivity index is 1.32. The van der Waals surface area contributed by atoms with Gasteiger partial charge in [-0.05, 0) is 105 Å². The molecule has 10 atom stereocenters. The lowest BCUT2D eigenvalue weighted by molar-refractivity contribution is -0.153. The minimum atomic E-state index is -0.0458. The summed E-state index contributed by atoms with van der Waals surface area (Å²) in [4.78, 5) is 11.3. The molecule has 156 valence electrons. The number of nitrogens with zero attached hydrogens (tertiary/aromatic N) is 1. The van der Waals surface area contributed by atoms with E-state index in [4.69, 9.17) is 4.74 Å². The minimum Gasteiger partial charge on any atom is -0.366 e. The summed E-state index contributed by atoms with van der Waals surface area (Å²) in [6.45, 7) is 3.31. The van der Waals surface area contributed by atoms with Crippen molar-refractivity contribution in [2.45, 2.75) is 76.4 Å². The molecule has 3 heteroatoms. The molecule has 7 unspecified atom stereocenters. The van der Waals surface area contributed by atoms with Gasteiger partial charge in [-0.15, -0.1) is 0 Å². The zero-order valence-electron chi connectivity index (χ0n) is 17.8. The maximum atomic E-state index is 11.3. The standard InChI is InChI=1S/C26H35NO2/c1-2-25-10-8-19-18-7-6-17(27-28)12-16(18)13-20(15-4-5-15)23(19)24(25)21-14-22(21)26(25)9-3-11-29-26/h3,9,12,15,17-24H,2,4-8,10-11,13-14H2,1H3/t17?,18-,19?,20?,21?,22?,23?,24?,25-,26-/m0/s1. The summed E-state index contributed by atoms with van der Waals surface area (Å²) in [6.07, 6.45) is 19.0. The molecule has 5 saturated carbocycles. The van der Waals surface area contributed by atoms with Crippen molar-refractivity contribution in [1.82, 2.24) is 0 Å². The first-order valence-corrected chi connectivity index (χ1v) is 12.6. The number of ether oxygens (including phenoxy) is 1. The highest BCUT2D eigenvalue weighted by Gasteiger charge is 2.78. The smallest absolute Gasteiger partial charge is 0.110 e. The Labute approximate surface area is 174 Å². The van der Waals surface area contributed by atoms with Crippen molar-refractivity contribution in [3.8, 4) is 0 Å². The Morgan fingerprint density at radius 2 is 2.03 bits per heavy atom. The maximum Gasteiger partial charge on any atom is 0.110 e. The SMILES string of the molecule is CC[C@]12CCC3C(C(C4CC4)CC4=CC(N=O)CC[C@@H]43)C1C1CC1[C@@]21C=CCO1. The molecule has 0 radical (unpaired) electrons. The molecule has 0 amide bonds. The second-order valence-corrected chi connectivity index (χ2v) is 11.6. The molecular weight excluding hydrogens is 358 g/mol. The first-order valence-electron chi connectivity index (χ1n) is 12.6. The van der Waals surface area contributed by atoms with Crippen LogP contribution in [0.4, 0.5) is 0 Å². The van der Waals surface area contributed by atoms with Crippen molar-refractivity contribution in [2.75, 3.05) is 6.61 Å². The largest absolute Gasteiger partial charge is 0.366 e. The van der Waals surface area contributed by atoms with Crippen molar-refractivity contribution in [3.05, 3.63) is 28.7 Å². The highest BCUT2D eigenvalue weighted by Crippen LogP contribution is 2.79. The van der Waals surface area contributed by atoms with Crippen molar-refractivity contribution in [3.63, 3.8) is 0 Å². The Bertz CT molecular complexity index is 799. The Morgan fingerprint density at radius 3 is 2.76 bits per heavy atom. The fraction of sp³-hybridized carbons (Fsp3) is 0.846. The van der Waals surface area contributed by atoms with E-state index < -0.39 is 0 Å². The van der Waals surface area contributed by atoms with Crippen LogP contribution in [0.1, 0.15) is 64.7 Å². The second-order valence-electron chi connectivity index (χ2n) is 11.6. The van der Waals surface area contributed by atoms with E-state index >= 15 is 0 Å². The third-order valence-corrected chi connectivity index (χ3v) is 11.0. The van der Waals surface area contributed by atoms with E-state index in [0.29, 0.717) is 5.41 Å². The molecule has 5 fully saturated rings. The lowest BCUT2D eigenvalue weighted by Crippen LogP contribution is -2.57. The molecule has 0 aromatic rings. The van der Waals surface area contributed by atoms with E-state index in [9.17, 15) is 4.91 Å². The van der Waals surface area contributed by atoms with Gasteiger partial charge in [-0.2, -0.15) is 4.91 Å². The van der Waals surface area contributed by atoms with E-state index in [2.05, 4.69) is 30.3 Å². The molecule has 0 aromatic carbocycles. The van der Waals surface area contributed by atoms with Crippen LogP contribution in [0.2, 0.25) is 0 Å². The van der Waals surface area contributed by atoms with Gasteiger partial charge in [-0.25, -0.2) is 0 Å². The molecule has 29 heavy (non-hydrogen) atoms. The van der Waals surface area contributed by atoms with E-state index in [1.54, 1.807) is 5.57 Å². The van der Waals surface area contributed by atoms with Gasteiger partial charge >= 0.3 is 0 Å². The van der Waals surface area contributed by atoms with Crippen molar-refractivity contribution >= 4 is 0 Å². The summed E-state index contributed by atoms with van der Waals surface area (Å²) in [6, 6.07) is -0.0458. The van der Waals surface area contributed by atoms with Crippen LogP contribution in [0.3, 0.4) is 0 Å². The quantitative estimate of drug-likeness (QED) is 0.442. The lowest BCUT2D eigenvalue weighted by Gasteiger charge is -2.60. The van der Waals surface area contributed by atoms with E-state index in [-0.39, 0.29) is 11.6 Å². The van der Waals surface area contributed by atoms with Gasteiger partial charge < -0.3 is 4.74 Å². The van der Waals surface area contributed by atoms with Gasteiger partial charge in [0.1, 0.15) is 6.04 Å². The zero-order chi connectivity index (χ0) is 19.4. The second kappa shape index (κ2) is 5.84. The van der Waals surface area contributed by atoms with Gasteiger partial charge in [-0.3, -0.25) is 0 Å². The lowest BCUT2D eigenvalue weighted by atomic mass is 9.45. The van der Waals surface area contributed by atoms with Crippen LogP contribution < -0.4 is 0 Å². The molecule has 7 rings (SSSR count). The van der Waals surface area contributed by atoms with Crippen LogP contribution in [-0.2, 0) is 4.74 Å². The summed E-state index contributed by atoms with van der Waals surface area (Å²) < 4.78 is 6.68. The Hall–Kier alpha value is -0.960. The van der Waals surface area contributed by atoms with E-state index in [1.165, 1.54) is 51.4 Å². The Kier molecular flexibility index (Phi) is 3.56. The van der Waals surface area contributed by atoms with Crippen LogP contribution in [0.15, 0.2) is 29.0 Å². The molecule has 7 aliphatic rings. The molecule has 0 bridgehead atoms. The number of fused-ring (bicyclic) bond motifs is 9. The van der Waals surface area contributed by atoms with Crippen LogP contribution in [0.25, 0.3) is 0 Å². The fourth-order valence-corrected chi connectivity index (χ4v) is 9.98. The summed E-state index contributed by atoms with van der Waals surface area (Å²) in [7, 11) is 0. The number of rotatable bonds is 3.